The lowest BCUT2D eigenvalue weighted by molar-refractivity contribution is -0.384. The monoisotopic (exact) mass is 367 g/mol. The van der Waals surface area contributed by atoms with E-state index in [2.05, 4.69) is 4.98 Å². The highest BCUT2D eigenvalue weighted by molar-refractivity contribution is 5.94. The molecule has 3 rings (SSSR count). The number of aromatic nitrogens is 2. The van der Waals surface area contributed by atoms with Gasteiger partial charge in [-0.3, -0.25) is 10.1 Å². The second kappa shape index (κ2) is 7.57. The molecule has 0 aliphatic rings. The molecule has 1 heterocycles. The fourth-order valence-corrected chi connectivity index (χ4v) is 3.08. The number of ether oxygens (including phenoxy) is 1. The van der Waals surface area contributed by atoms with Crippen molar-refractivity contribution in [2.24, 2.45) is 0 Å². The van der Waals surface area contributed by atoms with Crippen LogP contribution >= 0.6 is 0 Å². The van der Waals surface area contributed by atoms with Gasteiger partial charge in [0.25, 0.3) is 5.69 Å². The molecule has 2 aromatic carbocycles. The average molecular weight is 367 g/mol. The summed E-state index contributed by atoms with van der Waals surface area (Å²) in [5.74, 6) is 0.109. The second-order valence-electron chi connectivity index (χ2n) is 6.26. The molecular weight excluding hydrogens is 346 g/mol. The van der Waals surface area contributed by atoms with Gasteiger partial charge in [0.1, 0.15) is 5.82 Å². The normalized spacial score (nSPS) is 12.1. The summed E-state index contributed by atoms with van der Waals surface area (Å²) in [6.45, 7) is 6.13. The van der Waals surface area contributed by atoms with E-state index in [4.69, 9.17) is 4.74 Å². The highest BCUT2D eigenvalue weighted by Gasteiger charge is 2.23. The van der Waals surface area contributed by atoms with Gasteiger partial charge in [-0.25, -0.2) is 9.78 Å². The maximum absolute atomic E-state index is 12.0. The predicted molar refractivity (Wildman–Crippen MR) is 103 cm³/mol. The Labute approximate surface area is 156 Å². The first kappa shape index (κ1) is 18.6. The zero-order valence-corrected chi connectivity index (χ0v) is 15.5. The van der Waals surface area contributed by atoms with E-state index < -0.39 is 10.9 Å². The van der Waals surface area contributed by atoms with E-state index in [1.807, 2.05) is 24.5 Å². The number of nitrogens with zero attached hydrogens (tertiary/aromatic N) is 3. The number of esters is 1. The van der Waals surface area contributed by atoms with Gasteiger partial charge < -0.3 is 9.30 Å². The van der Waals surface area contributed by atoms with Crippen molar-refractivity contribution in [2.75, 3.05) is 6.61 Å². The van der Waals surface area contributed by atoms with Crippen LogP contribution in [0.3, 0.4) is 0 Å². The summed E-state index contributed by atoms with van der Waals surface area (Å²) in [7, 11) is 0. The lowest BCUT2D eigenvalue weighted by atomic mass is 10.1. The zero-order chi connectivity index (χ0) is 19.6. The highest BCUT2D eigenvalue weighted by Crippen LogP contribution is 2.34. The van der Waals surface area contributed by atoms with Crippen LogP contribution in [0.15, 0.2) is 42.5 Å². The van der Waals surface area contributed by atoms with E-state index in [9.17, 15) is 14.9 Å². The summed E-state index contributed by atoms with van der Waals surface area (Å²) in [6.07, 6.45) is 0.832. The summed E-state index contributed by atoms with van der Waals surface area (Å²) in [4.78, 5) is 27.8. The molecule has 1 aromatic heterocycles. The molecule has 0 saturated heterocycles. The van der Waals surface area contributed by atoms with Gasteiger partial charge in [-0.2, -0.15) is 0 Å². The number of carbonyl (C=O) groups excluding carboxylic acids is 1. The molecule has 1 unspecified atom stereocenters. The zero-order valence-electron chi connectivity index (χ0n) is 15.5. The summed E-state index contributed by atoms with van der Waals surface area (Å²) >= 11 is 0. The maximum Gasteiger partial charge on any atom is 0.338 e. The number of para-hydroxylation sites is 1. The molecule has 140 valence electrons. The third kappa shape index (κ3) is 3.40. The van der Waals surface area contributed by atoms with Crippen LogP contribution in [-0.4, -0.2) is 27.1 Å². The number of imidazole rings is 1. The first-order valence-corrected chi connectivity index (χ1v) is 8.90. The van der Waals surface area contributed by atoms with Crippen LogP contribution in [-0.2, 0) is 4.74 Å². The van der Waals surface area contributed by atoms with Crippen LogP contribution in [0.1, 0.15) is 43.6 Å². The van der Waals surface area contributed by atoms with Crippen molar-refractivity contribution in [2.45, 2.75) is 33.2 Å². The average Bonchev–Trinajstić information content (AvgIpc) is 3.06. The number of hydrogen-bond donors (Lipinski definition) is 0. The van der Waals surface area contributed by atoms with E-state index in [0.29, 0.717) is 29.1 Å². The molecule has 0 radical (unpaired) electrons. The minimum Gasteiger partial charge on any atom is -0.462 e. The van der Waals surface area contributed by atoms with Crippen molar-refractivity contribution in [3.05, 3.63) is 58.1 Å². The number of carbonyl (C=O) groups is 1. The lowest BCUT2D eigenvalue weighted by Crippen LogP contribution is -2.07. The van der Waals surface area contributed by atoms with E-state index in [1.165, 1.54) is 6.07 Å². The number of nitro groups is 1. The third-order valence-electron chi connectivity index (χ3n) is 4.57. The van der Waals surface area contributed by atoms with E-state index in [0.717, 1.165) is 11.9 Å². The van der Waals surface area contributed by atoms with Gasteiger partial charge in [0.2, 0.25) is 0 Å². The third-order valence-corrected chi connectivity index (χ3v) is 4.57. The van der Waals surface area contributed by atoms with Gasteiger partial charge in [0, 0.05) is 12.1 Å². The van der Waals surface area contributed by atoms with Gasteiger partial charge in [-0.1, -0.05) is 19.1 Å². The van der Waals surface area contributed by atoms with Crippen molar-refractivity contribution in [1.82, 2.24) is 9.55 Å². The Morgan fingerprint density at radius 2 is 2.00 bits per heavy atom. The molecule has 0 saturated carbocycles. The largest absolute Gasteiger partial charge is 0.462 e. The Morgan fingerprint density at radius 1 is 1.26 bits per heavy atom. The van der Waals surface area contributed by atoms with Crippen LogP contribution < -0.4 is 0 Å². The van der Waals surface area contributed by atoms with Gasteiger partial charge in [0.15, 0.2) is 0 Å². The van der Waals surface area contributed by atoms with E-state index in [-0.39, 0.29) is 11.7 Å². The lowest BCUT2D eigenvalue weighted by Gasteiger charge is -2.16. The van der Waals surface area contributed by atoms with Crippen LogP contribution in [0.4, 0.5) is 5.69 Å². The van der Waals surface area contributed by atoms with Gasteiger partial charge >= 0.3 is 5.97 Å². The maximum atomic E-state index is 12.0. The van der Waals surface area contributed by atoms with Crippen molar-refractivity contribution >= 4 is 22.7 Å². The van der Waals surface area contributed by atoms with Crippen molar-refractivity contribution < 1.29 is 14.5 Å². The predicted octanol–water partition coefficient (Wildman–Crippen LogP) is 4.76. The molecule has 0 fully saturated rings. The Morgan fingerprint density at radius 3 is 2.67 bits per heavy atom. The summed E-state index contributed by atoms with van der Waals surface area (Å²) in [5.41, 5.74) is 2.30. The quantitative estimate of drug-likeness (QED) is 0.356. The molecule has 27 heavy (non-hydrogen) atoms. The van der Waals surface area contributed by atoms with Crippen LogP contribution in [0.5, 0.6) is 0 Å². The number of fused-ring (bicyclic) bond motifs is 1. The van der Waals surface area contributed by atoms with Crippen LogP contribution in [0.2, 0.25) is 0 Å². The van der Waals surface area contributed by atoms with Crippen molar-refractivity contribution in [3.8, 4) is 11.4 Å². The molecule has 0 N–H and O–H groups in total. The smallest absolute Gasteiger partial charge is 0.338 e. The van der Waals surface area contributed by atoms with Crippen LogP contribution in [0.25, 0.3) is 22.4 Å². The van der Waals surface area contributed by atoms with Crippen molar-refractivity contribution in [1.29, 1.82) is 0 Å². The van der Waals surface area contributed by atoms with Gasteiger partial charge in [0.05, 0.1) is 33.7 Å². The second-order valence-corrected chi connectivity index (χ2v) is 6.26. The topological polar surface area (TPSA) is 87.3 Å². The minimum atomic E-state index is -0.412. The first-order valence-electron chi connectivity index (χ1n) is 8.90. The SMILES string of the molecule is CCOC(=O)c1ccc2c(c1)nc(-c1ccccc1[N+](=O)[O-])n2C(C)CC. The minimum absolute atomic E-state index is 0.00275. The molecule has 7 nitrogen and oxygen atoms in total. The number of rotatable bonds is 6. The van der Waals surface area contributed by atoms with Gasteiger partial charge in [-0.05, 0) is 44.5 Å². The summed E-state index contributed by atoms with van der Waals surface area (Å²) < 4.78 is 7.05. The molecule has 1 atom stereocenters. The van der Waals surface area contributed by atoms with Gasteiger partial charge in [-0.15, -0.1) is 0 Å². The van der Waals surface area contributed by atoms with Crippen molar-refractivity contribution in [3.63, 3.8) is 0 Å². The molecule has 0 bridgehead atoms. The highest BCUT2D eigenvalue weighted by atomic mass is 16.6. The number of nitro benzene ring substituents is 1. The van der Waals surface area contributed by atoms with E-state index in [1.54, 1.807) is 37.3 Å². The Kier molecular flexibility index (Phi) is 5.21. The first-order chi connectivity index (χ1) is 13.0. The fourth-order valence-electron chi connectivity index (χ4n) is 3.08. The molecular formula is C20H21N3O4. The Bertz CT molecular complexity index is 1010. The fraction of sp³-hybridized carbons (Fsp3) is 0.300. The van der Waals surface area contributed by atoms with E-state index >= 15 is 0 Å². The summed E-state index contributed by atoms with van der Waals surface area (Å²) in [6, 6.07) is 11.8. The molecule has 7 heteroatoms. The molecule has 0 spiro atoms. The summed E-state index contributed by atoms with van der Waals surface area (Å²) in [5, 5.41) is 11.5. The standard InChI is InChI=1S/C20H21N3O4/c1-4-13(3)22-18-11-10-14(20(24)27-5-2)12-16(18)21-19(22)15-8-6-7-9-17(15)23(25)26/h6-13H,4-5H2,1-3H3. The Hall–Kier alpha value is -3.22. The van der Waals surface area contributed by atoms with Crippen LogP contribution in [0, 0.1) is 10.1 Å². The number of hydrogen-bond acceptors (Lipinski definition) is 5. The molecule has 3 aromatic rings. The molecule has 0 amide bonds. The molecule has 0 aliphatic carbocycles. The Balaban J connectivity index is 2.26. The molecule has 0 aliphatic heterocycles. The number of benzene rings is 2.